The number of ether oxygens (including phenoxy) is 1. The molecular formula is C25H19Cl2N3O4. The normalized spacial score (nSPS) is 13.3. The van der Waals surface area contributed by atoms with Gasteiger partial charge in [-0.3, -0.25) is 14.4 Å². The first-order valence-corrected chi connectivity index (χ1v) is 11.1. The van der Waals surface area contributed by atoms with Gasteiger partial charge in [0.25, 0.3) is 17.7 Å². The van der Waals surface area contributed by atoms with Crippen LogP contribution in [0.25, 0.3) is 0 Å². The highest BCUT2D eigenvalue weighted by Gasteiger charge is 2.39. The van der Waals surface area contributed by atoms with Gasteiger partial charge in [0, 0.05) is 16.9 Å². The van der Waals surface area contributed by atoms with Crippen molar-refractivity contribution in [3.63, 3.8) is 0 Å². The van der Waals surface area contributed by atoms with Crippen LogP contribution in [0.2, 0.25) is 5.02 Å². The number of anilines is 3. The number of hydrogen-bond donors (Lipinski definition) is 2. The topological polar surface area (TPSA) is 87.7 Å². The number of halogens is 2. The van der Waals surface area contributed by atoms with Gasteiger partial charge < -0.3 is 15.4 Å². The molecule has 9 heteroatoms. The van der Waals surface area contributed by atoms with Gasteiger partial charge in [-0.2, -0.15) is 0 Å². The van der Waals surface area contributed by atoms with E-state index < -0.39 is 11.8 Å². The molecule has 0 radical (unpaired) electrons. The molecule has 7 nitrogen and oxygen atoms in total. The second kappa shape index (κ2) is 9.99. The Kier molecular flexibility index (Phi) is 6.86. The minimum absolute atomic E-state index is 0.0711. The summed E-state index contributed by atoms with van der Waals surface area (Å²) in [5, 5.41) is 5.68. The minimum atomic E-state index is -0.673. The van der Waals surface area contributed by atoms with Gasteiger partial charge in [0.1, 0.15) is 16.5 Å². The van der Waals surface area contributed by atoms with Crippen molar-refractivity contribution >= 4 is 58.0 Å². The maximum atomic E-state index is 12.9. The Hall–Kier alpha value is -3.81. The fraction of sp³-hybridized carbons (Fsp3) is 0.0800. The molecule has 3 amide bonds. The molecule has 0 aliphatic carbocycles. The Morgan fingerprint density at radius 1 is 0.882 bits per heavy atom. The second-order valence-electron chi connectivity index (χ2n) is 7.20. The van der Waals surface area contributed by atoms with E-state index in [1.807, 2.05) is 6.92 Å². The van der Waals surface area contributed by atoms with E-state index >= 15 is 0 Å². The first-order chi connectivity index (χ1) is 16.4. The van der Waals surface area contributed by atoms with E-state index in [0.29, 0.717) is 23.5 Å². The zero-order valence-electron chi connectivity index (χ0n) is 18.0. The highest BCUT2D eigenvalue weighted by molar-refractivity contribution is 6.53. The van der Waals surface area contributed by atoms with Crippen molar-refractivity contribution in [2.75, 3.05) is 22.1 Å². The molecule has 0 unspecified atom stereocenters. The lowest BCUT2D eigenvalue weighted by Crippen LogP contribution is -2.32. The van der Waals surface area contributed by atoms with E-state index in [2.05, 4.69) is 10.6 Å². The van der Waals surface area contributed by atoms with E-state index in [-0.39, 0.29) is 27.3 Å². The molecule has 0 saturated carbocycles. The van der Waals surface area contributed by atoms with Gasteiger partial charge in [-0.25, -0.2) is 4.90 Å². The third-order valence-corrected chi connectivity index (χ3v) is 5.63. The van der Waals surface area contributed by atoms with Crippen LogP contribution in [0, 0.1) is 0 Å². The monoisotopic (exact) mass is 495 g/mol. The fourth-order valence-corrected chi connectivity index (χ4v) is 3.75. The number of hydrogen-bond acceptors (Lipinski definition) is 5. The maximum absolute atomic E-state index is 12.9. The van der Waals surface area contributed by atoms with Gasteiger partial charge in [-0.1, -0.05) is 35.3 Å². The molecule has 0 aromatic heterocycles. The molecular weight excluding hydrogens is 477 g/mol. The third-order valence-electron chi connectivity index (χ3n) is 4.96. The van der Waals surface area contributed by atoms with Crippen LogP contribution < -0.4 is 20.3 Å². The van der Waals surface area contributed by atoms with Crippen molar-refractivity contribution < 1.29 is 19.1 Å². The predicted molar refractivity (Wildman–Crippen MR) is 132 cm³/mol. The Bertz CT molecular complexity index is 1290. The Labute approximate surface area is 205 Å². The molecule has 4 rings (SSSR count). The molecule has 3 aromatic rings. The number of benzene rings is 3. The molecule has 34 heavy (non-hydrogen) atoms. The zero-order valence-corrected chi connectivity index (χ0v) is 19.5. The van der Waals surface area contributed by atoms with Crippen LogP contribution in [0.5, 0.6) is 5.75 Å². The summed E-state index contributed by atoms with van der Waals surface area (Å²) in [7, 11) is 0. The third kappa shape index (κ3) is 4.76. The van der Waals surface area contributed by atoms with Crippen LogP contribution in [0.1, 0.15) is 17.3 Å². The van der Waals surface area contributed by atoms with Gasteiger partial charge in [0.05, 0.1) is 17.3 Å². The number of amides is 3. The van der Waals surface area contributed by atoms with Crippen molar-refractivity contribution in [1.82, 2.24) is 0 Å². The quantitative estimate of drug-likeness (QED) is 0.426. The van der Waals surface area contributed by atoms with Crippen molar-refractivity contribution in [1.29, 1.82) is 0 Å². The average Bonchev–Trinajstić information content (AvgIpc) is 3.04. The summed E-state index contributed by atoms with van der Waals surface area (Å²) in [5.41, 5.74) is 1.69. The minimum Gasteiger partial charge on any atom is -0.494 e. The summed E-state index contributed by atoms with van der Waals surface area (Å²) in [4.78, 5) is 39.0. The van der Waals surface area contributed by atoms with Crippen molar-refractivity contribution in [3.05, 3.63) is 94.1 Å². The molecule has 1 aliphatic rings. The average molecular weight is 496 g/mol. The number of rotatable bonds is 7. The maximum Gasteiger partial charge on any atom is 0.283 e. The van der Waals surface area contributed by atoms with E-state index in [9.17, 15) is 14.4 Å². The van der Waals surface area contributed by atoms with E-state index in [4.69, 9.17) is 27.9 Å². The molecule has 0 bridgehead atoms. The van der Waals surface area contributed by atoms with E-state index in [0.717, 1.165) is 10.6 Å². The van der Waals surface area contributed by atoms with Crippen LogP contribution in [-0.4, -0.2) is 24.3 Å². The summed E-state index contributed by atoms with van der Waals surface area (Å²) >= 11 is 12.3. The number of imide groups is 1. The number of para-hydroxylation sites is 1. The van der Waals surface area contributed by atoms with Crippen molar-refractivity contribution in [2.45, 2.75) is 6.92 Å². The summed E-state index contributed by atoms with van der Waals surface area (Å²) < 4.78 is 5.39. The van der Waals surface area contributed by atoms with Crippen LogP contribution >= 0.6 is 23.2 Å². The number of nitrogens with one attached hydrogen (secondary N) is 2. The fourth-order valence-electron chi connectivity index (χ4n) is 3.32. The number of nitrogens with zero attached hydrogens (tertiary/aromatic N) is 1. The zero-order chi connectivity index (χ0) is 24.2. The lowest BCUT2D eigenvalue weighted by molar-refractivity contribution is -0.120. The molecule has 0 spiro atoms. The molecule has 3 aromatic carbocycles. The van der Waals surface area contributed by atoms with Crippen LogP contribution in [-0.2, 0) is 9.59 Å². The van der Waals surface area contributed by atoms with Crippen molar-refractivity contribution in [2.24, 2.45) is 0 Å². The van der Waals surface area contributed by atoms with Gasteiger partial charge in [-0.15, -0.1) is 0 Å². The lowest BCUT2D eigenvalue weighted by Gasteiger charge is -2.16. The largest absolute Gasteiger partial charge is 0.494 e. The number of carbonyl (C=O) groups excluding carboxylic acids is 3. The van der Waals surface area contributed by atoms with Gasteiger partial charge in [-0.05, 0) is 67.6 Å². The highest BCUT2D eigenvalue weighted by Crippen LogP contribution is 2.34. The molecule has 2 N–H and O–H groups in total. The molecule has 172 valence electrons. The highest BCUT2D eigenvalue weighted by atomic mass is 35.5. The SMILES string of the molecule is CCOc1ccc(NC(=O)c2ccc(NC3=C(Cl)C(=O)N(c4ccccc4Cl)C3=O)cc2)cc1. The molecule has 0 atom stereocenters. The second-order valence-corrected chi connectivity index (χ2v) is 7.99. The number of carbonyl (C=O) groups is 3. The van der Waals surface area contributed by atoms with E-state index in [1.54, 1.807) is 72.8 Å². The Morgan fingerprint density at radius 2 is 1.53 bits per heavy atom. The summed E-state index contributed by atoms with van der Waals surface area (Å²) in [5.74, 6) is -0.879. The first-order valence-electron chi connectivity index (χ1n) is 10.3. The van der Waals surface area contributed by atoms with Crippen molar-refractivity contribution in [3.8, 4) is 5.75 Å². The van der Waals surface area contributed by atoms with Crippen LogP contribution in [0.4, 0.5) is 17.1 Å². The van der Waals surface area contributed by atoms with Gasteiger partial charge in [0.15, 0.2) is 0 Å². The van der Waals surface area contributed by atoms with E-state index in [1.165, 1.54) is 0 Å². The Balaban J connectivity index is 1.45. The Morgan fingerprint density at radius 3 is 2.18 bits per heavy atom. The smallest absolute Gasteiger partial charge is 0.283 e. The van der Waals surface area contributed by atoms with Gasteiger partial charge >= 0.3 is 0 Å². The molecule has 0 saturated heterocycles. The standard InChI is InChI=1S/C25H19Cl2N3O4/c1-2-34-18-13-11-17(12-14-18)29-23(31)15-7-9-16(10-8-15)28-22-21(27)24(32)30(25(22)33)20-6-4-3-5-19(20)26/h3-14,28H,2H2,1H3,(H,29,31). The van der Waals surface area contributed by atoms with Crippen LogP contribution in [0.3, 0.4) is 0 Å². The molecule has 1 heterocycles. The summed E-state index contributed by atoms with van der Waals surface area (Å²) in [6.07, 6.45) is 0. The van der Waals surface area contributed by atoms with Crippen LogP contribution in [0.15, 0.2) is 83.5 Å². The van der Waals surface area contributed by atoms with Gasteiger partial charge in [0.2, 0.25) is 0 Å². The molecule has 0 fully saturated rings. The predicted octanol–water partition coefficient (Wildman–Crippen LogP) is 5.43. The summed E-state index contributed by atoms with van der Waals surface area (Å²) in [6.45, 7) is 2.46. The molecule has 1 aliphatic heterocycles. The summed E-state index contributed by atoms with van der Waals surface area (Å²) in [6, 6.07) is 19.9. The lowest BCUT2D eigenvalue weighted by atomic mass is 10.2. The first kappa shape index (κ1) is 23.4.